The molecule has 3 aromatic carbocycles. The van der Waals surface area contributed by atoms with E-state index in [-0.39, 0.29) is 35.7 Å². The molecule has 0 saturated carbocycles. The fourth-order valence-corrected chi connectivity index (χ4v) is 5.43. The fourth-order valence-electron chi connectivity index (χ4n) is 4.13. The Bertz CT molecular complexity index is 1720. The van der Waals surface area contributed by atoms with Crippen LogP contribution in [0, 0.1) is 5.82 Å². The molecule has 0 radical (unpaired) electrons. The summed E-state index contributed by atoms with van der Waals surface area (Å²) in [6, 6.07) is 17.3. The van der Waals surface area contributed by atoms with Gasteiger partial charge in [0.25, 0.3) is 10.1 Å². The molecule has 0 aliphatic rings. The number of sulfonamides is 1. The monoisotopic (exact) mass is 575 g/mol. The van der Waals surface area contributed by atoms with E-state index in [9.17, 15) is 26.0 Å². The molecule has 0 bridgehead atoms. The van der Waals surface area contributed by atoms with Gasteiger partial charge in [0.15, 0.2) is 0 Å². The summed E-state index contributed by atoms with van der Waals surface area (Å²) in [5.74, 6) is -1.00. The van der Waals surface area contributed by atoms with Gasteiger partial charge in [-0.15, -0.1) is 0 Å². The van der Waals surface area contributed by atoms with Gasteiger partial charge in [0.1, 0.15) is 22.7 Å². The Morgan fingerprint density at radius 1 is 0.949 bits per heavy atom. The van der Waals surface area contributed by atoms with E-state index in [1.54, 1.807) is 43.3 Å². The van der Waals surface area contributed by atoms with Crippen LogP contribution >= 0.6 is 0 Å². The molecule has 0 unspecified atom stereocenters. The Labute approximate surface area is 225 Å². The molecule has 9 nitrogen and oxygen atoms in total. The number of nitrogens with zero attached hydrogens (tertiary/aromatic N) is 1. The summed E-state index contributed by atoms with van der Waals surface area (Å²) in [5.41, 5.74) is 1.94. The van der Waals surface area contributed by atoms with E-state index < -0.39 is 38.5 Å². The van der Waals surface area contributed by atoms with Crippen molar-refractivity contribution in [2.75, 3.05) is 36.6 Å². The summed E-state index contributed by atoms with van der Waals surface area (Å²) < 4.78 is 79.6. The van der Waals surface area contributed by atoms with Crippen molar-refractivity contribution < 1.29 is 39.4 Å². The molecule has 1 heterocycles. The van der Waals surface area contributed by atoms with Crippen LogP contribution < -0.4 is 4.31 Å². The Hall–Kier alpha value is -3.74. The number of hydrogen-bond donors (Lipinski definition) is 0. The fraction of sp³-hybridized carbons (Fsp3) is 0.222. The maximum absolute atomic E-state index is 13.6. The minimum Gasteiger partial charge on any atom is -0.462 e. The second-order valence-electron chi connectivity index (χ2n) is 8.63. The summed E-state index contributed by atoms with van der Waals surface area (Å²) in [6.07, 6.45) is 1.86. The van der Waals surface area contributed by atoms with E-state index in [0.29, 0.717) is 22.1 Å². The number of anilines is 1. The molecule has 0 N–H and O–H groups in total. The molecule has 0 saturated heterocycles. The highest BCUT2D eigenvalue weighted by Crippen LogP contribution is 2.41. The first kappa shape index (κ1) is 28.3. The Balaban J connectivity index is 2.01. The maximum Gasteiger partial charge on any atom is 0.342 e. The lowest BCUT2D eigenvalue weighted by Crippen LogP contribution is -2.34. The number of fused-ring (bicyclic) bond motifs is 1. The van der Waals surface area contributed by atoms with Crippen LogP contribution in [0.1, 0.15) is 17.3 Å². The van der Waals surface area contributed by atoms with Crippen LogP contribution in [0.2, 0.25) is 0 Å². The van der Waals surface area contributed by atoms with Crippen molar-refractivity contribution in [1.29, 1.82) is 0 Å². The minimum absolute atomic E-state index is 0.0974. The number of rotatable bonds is 10. The number of carbonyl (C=O) groups excluding carboxylic acids is 1. The molecule has 12 heteroatoms. The largest absolute Gasteiger partial charge is 0.462 e. The van der Waals surface area contributed by atoms with E-state index in [2.05, 4.69) is 0 Å². The van der Waals surface area contributed by atoms with Crippen molar-refractivity contribution in [3.8, 4) is 22.5 Å². The second-order valence-corrected chi connectivity index (χ2v) is 12.2. The first-order valence-corrected chi connectivity index (χ1v) is 15.5. The number of ether oxygens (including phenoxy) is 1. The zero-order chi connectivity index (χ0) is 28.4. The first-order chi connectivity index (χ1) is 18.4. The van der Waals surface area contributed by atoms with Crippen molar-refractivity contribution in [2.45, 2.75) is 6.92 Å². The molecular weight excluding hydrogens is 549 g/mol. The minimum atomic E-state index is -3.94. The number of furan rings is 1. The van der Waals surface area contributed by atoms with Gasteiger partial charge in [-0.05, 0) is 42.8 Å². The average molecular weight is 576 g/mol. The molecule has 0 aliphatic heterocycles. The van der Waals surface area contributed by atoms with E-state index in [4.69, 9.17) is 13.3 Å². The molecule has 1 aromatic heterocycles. The average Bonchev–Trinajstić information content (AvgIpc) is 3.24. The van der Waals surface area contributed by atoms with Gasteiger partial charge in [-0.1, -0.05) is 30.3 Å². The Morgan fingerprint density at radius 3 is 2.21 bits per heavy atom. The lowest BCUT2D eigenvalue weighted by atomic mass is 9.98. The van der Waals surface area contributed by atoms with Crippen molar-refractivity contribution in [2.24, 2.45) is 0 Å². The van der Waals surface area contributed by atoms with Crippen LogP contribution in [-0.2, 0) is 29.1 Å². The Morgan fingerprint density at radius 2 is 1.62 bits per heavy atom. The van der Waals surface area contributed by atoms with Gasteiger partial charge in [-0.25, -0.2) is 17.6 Å². The van der Waals surface area contributed by atoms with E-state index in [1.807, 2.05) is 0 Å². The lowest BCUT2D eigenvalue weighted by molar-refractivity contribution is 0.0528. The topological polar surface area (TPSA) is 120 Å². The highest BCUT2D eigenvalue weighted by molar-refractivity contribution is 7.92. The molecule has 0 amide bonds. The van der Waals surface area contributed by atoms with E-state index in [0.717, 1.165) is 16.8 Å². The van der Waals surface area contributed by atoms with Crippen molar-refractivity contribution in [3.63, 3.8) is 0 Å². The van der Waals surface area contributed by atoms with E-state index in [1.165, 1.54) is 30.3 Å². The van der Waals surface area contributed by atoms with Gasteiger partial charge in [0.05, 0.1) is 38.0 Å². The predicted molar refractivity (Wildman–Crippen MR) is 146 cm³/mol. The van der Waals surface area contributed by atoms with Gasteiger partial charge in [0, 0.05) is 22.6 Å². The normalized spacial score (nSPS) is 12.0. The van der Waals surface area contributed by atoms with Gasteiger partial charge >= 0.3 is 5.97 Å². The molecule has 0 spiro atoms. The van der Waals surface area contributed by atoms with Gasteiger partial charge < -0.3 is 9.15 Å². The quantitative estimate of drug-likeness (QED) is 0.195. The molecule has 39 heavy (non-hydrogen) atoms. The van der Waals surface area contributed by atoms with Crippen LogP contribution in [0.5, 0.6) is 0 Å². The van der Waals surface area contributed by atoms with Gasteiger partial charge in [-0.2, -0.15) is 8.42 Å². The number of esters is 1. The summed E-state index contributed by atoms with van der Waals surface area (Å²) in [4.78, 5) is 13.1. The molecule has 4 aromatic rings. The summed E-state index contributed by atoms with van der Waals surface area (Å²) in [6.45, 7) is 1.02. The zero-order valence-corrected chi connectivity index (χ0v) is 23.0. The van der Waals surface area contributed by atoms with Crippen LogP contribution in [0.25, 0.3) is 33.4 Å². The Kier molecular flexibility index (Phi) is 8.09. The van der Waals surface area contributed by atoms with Crippen molar-refractivity contribution in [3.05, 3.63) is 78.1 Å². The number of benzene rings is 3. The smallest absolute Gasteiger partial charge is 0.342 e. The summed E-state index contributed by atoms with van der Waals surface area (Å²) in [7, 11) is -7.75. The number of carbonyl (C=O) groups is 1. The zero-order valence-electron chi connectivity index (χ0n) is 21.4. The standard InChI is InChI=1S/C27H26FNO8S2/c1-4-35-27(30)25-22-16-21(18-8-6-5-7-9-18)23(29(38(2,31)32)14-15-36-39(3,33)34)17-24(22)37-26(25)19-10-12-20(28)13-11-19/h5-13,16-17H,4,14-15H2,1-3H3. The SMILES string of the molecule is CCOC(=O)c1c(-c2ccc(F)cc2)oc2cc(N(CCOS(C)(=O)=O)S(C)(=O)=O)c(-c3ccccc3)cc12. The van der Waals surface area contributed by atoms with Gasteiger partial charge in [-0.3, -0.25) is 8.49 Å². The van der Waals surface area contributed by atoms with Crippen molar-refractivity contribution >= 4 is 42.8 Å². The van der Waals surface area contributed by atoms with Crippen molar-refractivity contribution in [1.82, 2.24) is 0 Å². The van der Waals surface area contributed by atoms with Crippen LogP contribution in [-0.4, -0.2) is 55.1 Å². The molecule has 0 aliphatic carbocycles. The molecule has 0 fully saturated rings. The lowest BCUT2D eigenvalue weighted by Gasteiger charge is -2.25. The highest BCUT2D eigenvalue weighted by atomic mass is 32.2. The van der Waals surface area contributed by atoms with Crippen LogP contribution in [0.15, 0.2) is 71.1 Å². The van der Waals surface area contributed by atoms with Crippen LogP contribution in [0.4, 0.5) is 10.1 Å². The second kappa shape index (κ2) is 11.2. The third-order valence-electron chi connectivity index (χ3n) is 5.74. The number of halogens is 1. The highest BCUT2D eigenvalue weighted by Gasteiger charge is 2.28. The molecule has 4 rings (SSSR count). The first-order valence-electron chi connectivity index (χ1n) is 11.8. The molecular formula is C27H26FNO8S2. The summed E-state index contributed by atoms with van der Waals surface area (Å²) >= 11 is 0. The van der Waals surface area contributed by atoms with E-state index >= 15 is 0 Å². The molecule has 0 atom stereocenters. The van der Waals surface area contributed by atoms with Gasteiger partial charge in [0.2, 0.25) is 10.0 Å². The molecule has 206 valence electrons. The third-order valence-corrected chi connectivity index (χ3v) is 7.51. The number of hydrogen-bond acceptors (Lipinski definition) is 8. The predicted octanol–water partition coefficient (Wildman–Crippen LogP) is 4.82. The maximum atomic E-state index is 13.6. The summed E-state index contributed by atoms with van der Waals surface area (Å²) in [5, 5.41) is 0.358. The third kappa shape index (κ3) is 6.47. The van der Waals surface area contributed by atoms with Crippen LogP contribution in [0.3, 0.4) is 0 Å².